The lowest BCUT2D eigenvalue weighted by atomic mass is 10.1. The first-order valence-electron chi connectivity index (χ1n) is 9.76. The molecule has 6 N–H and O–H groups in total. The summed E-state index contributed by atoms with van der Waals surface area (Å²) in [4.78, 5) is 0. The van der Waals surface area contributed by atoms with Crippen LogP contribution in [0.3, 0.4) is 0 Å². The number of aliphatic hydroxyl groups is 1. The Morgan fingerprint density at radius 1 is 1.23 bits per heavy atom. The van der Waals surface area contributed by atoms with E-state index in [1.54, 1.807) is 6.08 Å². The van der Waals surface area contributed by atoms with Crippen LogP contribution in [0.2, 0.25) is 0 Å². The molecule has 0 saturated carbocycles. The van der Waals surface area contributed by atoms with E-state index in [-0.39, 0.29) is 12.8 Å². The fraction of sp³-hybridized carbons (Fsp3) is 0.636. The van der Waals surface area contributed by atoms with Crippen molar-refractivity contribution in [1.29, 1.82) is 0 Å². The van der Waals surface area contributed by atoms with Crippen LogP contribution in [0.5, 0.6) is 0 Å². The molecule has 0 spiro atoms. The van der Waals surface area contributed by atoms with Gasteiger partial charge in [0.1, 0.15) is 0 Å². The normalized spacial score (nSPS) is 12.6. The van der Waals surface area contributed by atoms with E-state index in [2.05, 4.69) is 37.8 Å². The maximum atomic E-state index is 8.86. The summed E-state index contributed by atoms with van der Waals surface area (Å²) in [6.07, 6.45) is 7.35. The number of benzene rings is 1. The standard InChI is InChI=1S/C15H22O2.C3H6.C2H7N.C2H6.H3N/c1-2-14(8-5-9-16)17-15-10-12-6-3-4-7-13(12)11-15;1-3-2;1-2-3;1-2;/h3-4,6-7,14-16H,2,5,8-11H2,1H3;3H,1H2,2H3;2-3H2,1H3;1-2H3;1H3. The van der Waals surface area contributed by atoms with Gasteiger partial charge in [0.2, 0.25) is 0 Å². The lowest BCUT2D eigenvalue weighted by Crippen LogP contribution is -2.22. The molecular formula is C22H44N2O2. The molecule has 0 amide bonds. The van der Waals surface area contributed by atoms with Crippen molar-refractivity contribution in [1.82, 2.24) is 6.15 Å². The van der Waals surface area contributed by atoms with E-state index in [9.17, 15) is 0 Å². The van der Waals surface area contributed by atoms with Crippen LogP contribution in [-0.4, -0.2) is 30.5 Å². The largest absolute Gasteiger partial charge is 0.396 e. The van der Waals surface area contributed by atoms with Gasteiger partial charge < -0.3 is 21.7 Å². The quantitative estimate of drug-likeness (QED) is 0.612. The molecule has 1 aliphatic carbocycles. The second-order valence-corrected chi connectivity index (χ2v) is 5.65. The minimum atomic E-state index is 0. The van der Waals surface area contributed by atoms with Gasteiger partial charge >= 0.3 is 0 Å². The Labute approximate surface area is 162 Å². The zero-order valence-corrected chi connectivity index (χ0v) is 17.8. The number of hydrogen-bond donors (Lipinski definition) is 3. The van der Waals surface area contributed by atoms with Crippen LogP contribution < -0.4 is 11.9 Å². The first-order valence-corrected chi connectivity index (χ1v) is 9.76. The van der Waals surface area contributed by atoms with Crippen molar-refractivity contribution in [3.63, 3.8) is 0 Å². The summed E-state index contributed by atoms with van der Waals surface area (Å²) >= 11 is 0. The van der Waals surface area contributed by atoms with Crippen molar-refractivity contribution >= 4 is 0 Å². The molecule has 1 unspecified atom stereocenters. The molecule has 1 aromatic carbocycles. The second kappa shape index (κ2) is 21.8. The molecule has 0 radical (unpaired) electrons. The van der Waals surface area contributed by atoms with Crippen LogP contribution in [0, 0.1) is 0 Å². The highest BCUT2D eigenvalue weighted by Gasteiger charge is 2.23. The van der Waals surface area contributed by atoms with Crippen molar-refractivity contribution in [3.8, 4) is 0 Å². The van der Waals surface area contributed by atoms with Gasteiger partial charge in [-0.2, -0.15) is 0 Å². The number of nitrogens with two attached hydrogens (primary N) is 1. The first kappa shape index (κ1) is 29.6. The summed E-state index contributed by atoms with van der Waals surface area (Å²) in [6, 6.07) is 8.61. The summed E-state index contributed by atoms with van der Waals surface area (Å²) in [7, 11) is 0. The summed E-state index contributed by atoms with van der Waals surface area (Å²) in [6.45, 7) is 14.3. The molecule has 1 aromatic rings. The fourth-order valence-corrected chi connectivity index (χ4v) is 2.57. The first-order chi connectivity index (χ1) is 12.2. The van der Waals surface area contributed by atoms with Gasteiger partial charge in [-0.1, -0.05) is 58.0 Å². The zero-order chi connectivity index (χ0) is 19.5. The average Bonchev–Trinajstić information content (AvgIpc) is 3.04. The average molecular weight is 369 g/mol. The van der Waals surface area contributed by atoms with E-state index in [4.69, 9.17) is 15.6 Å². The molecule has 4 heteroatoms. The molecule has 0 aliphatic heterocycles. The molecule has 0 saturated heterocycles. The van der Waals surface area contributed by atoms with E-state index in [0.29, 0.717) is 12.2 Å². The van der Waals surface area contributed by atoms with Crippen LogP contribution in [0.1, 0.15) is 65.0 Å². The smallest absolute Gasteiger partial charge is 0.0659 e. The highest BCUT2D eigenvalue weighted by molar-refractivity contribution is 5.32. The predicted octanol–water partition coefficient (Wildman–Crippen LogP) is 5.07. The van der Waals surface area contributed by atoms with Gasteiger partial charge in [-0.25, -0.2) is 0 Å². The SMILES string of the molecule is C=CC.CC.CCC(CCCO)OC1Cc2ccccc2C1.CCN.N. The Hall–Kier alpha value is -1.20. The molecule has 0 fully saturated rings. The molecule has 26 heavy (non-hydrogen) atoms. The highest BCUT2D eigenvalue weighted by Crippen LogP contribution is 2.25. The predicted molar refractivity (Wildman–Crippen MR) is 116 cm³/mol. The summed E-state index contributed by atoms with van der Waals surface area (Å²) in [5.41, 5.74) is 7.73. The number of aliphatic hydroxyl groups excluding tert-OH is 1. The molecule has 1 aliphatic rings. The molecule has 154 valence electrons. The fourth-order valence-electron chi connectivity index (χ4n) is 2.57. The van der Waals surface area contributed by atoms with Gasteiger partial charge in [0.15, 0.2) is 0 Å². The third kappa shape index (κ3) is 14.0. The van der Waals surface area contributed by atoms with Crippen molar-refractivity contribution in [2.75, 3.05) is 13.2 Å². The maximum Gasteiger partial charge on any atom is 0.0659 e. The van der Waals surface area contributed by atoms with Crippen molar-refractivity contribution in [3.05, 3.63) is 48.0 Å². The summed E-state index contributed by atoms with van der Waals surface area (Å²) in [5, 5.41) is 8.86. The Bertz CT molecular complexity index is 386. The van der Waals surface area contributed by atoms with Crippen molar-refractivity contribution < 1.29 is 9.84 Å². The minimum absolute atomic E-state index is 0. The highest BCUT2D eigenvalue weighted by atomic mass is 16.5. The van der Waals surface area contributed by atoms with Gasteiger partial charge in [0.25, 0.3) is 0 Å². The third-order valence-corrected chi connectivity index (χ3v) is 3.54. The van der Waals surface area contributed by atoms with E-state index >= 15 is 0 Å². The van der Waals surface area contributed by atoms with Crippen LogP contribution in [0.25, 0.3) is 0 Å². The van der Waals surface area contributed by atoms with Crippen molar-refractivity contribution in [2.24, 2.45) is 5.73 Å². The van der Waals surface area contributed by atoms with Crippen LogP contribution >= 0.6 is 0 Å². The number of ether oxygens (including phenoxy) is 1. The van der Waals surface area contributed by atoms with E-state index in [0.717, 1.165) is 38.6 Å². The number of fused-ring (bicyclic) bond motifs is 1. The van der Waals surface area contributed by atoms with Gasteiger partial charge in [-0.3, -0.25) is 0 Å². The zero-order valence-electron chi connectivity index (χ0n) is 17.8. The van der Waals surface area contributed by atoms with E-state index in [1.165, 1.54) is 11.1 Å². The van der Waals surface area contributed by atoms with E-state index < -0.39 is 0 Å². The Morgan fingerprint density at radius 3 is 2.00 bits per heavy atom. The Morgan fingerprint density at radius 2 is 1.65 bits per heavy atom. The van der Waals surface area contributed by atoms with Crippen LogP contribution in [-0.2, 0) is 17.6 Å². The molecule has 1 atom stereocenters. The lowest BCUT2D eigenvalue weighted by Gasteiger charge is -2.20. The van der Waals surface area contributed by atoms with Gasteiger partial charge in [-0.05, 0) is 56.7 Å². The molecule has 0 heterocycles. The molecular weight excluding hydrogens is 324 g/mol. The molecule has 2 rings (SSSR count). The number of rotatable bonds is 6. The minimum Gasteiger partial charge on any atom is -0.396 e. The van der Waals surface area contributed by atoms with Crippen molar-refractivity contribution in [2.45, 2.75) is 78.9 Å². The number of hydrogen-bond acceptors (Lipinski definition) is 4. The number of allylic oxidation sites excluding steroid dienone is 1. The van der Waals surface area contributed by atoms with Crippen LogP contribution in [0.4, 0.5) is 0 Å². The Balaban J connectivity index is -0.000000510. The van der Waals surface area contributed by atoms with Gasteiger partial charge in [0.05, 0.1) is 12.2 Å². The van der Waals surface area contributed by atoms with Crippen LogP contribution in [0.15, 0.2) is 36.9 Å². The topological polar surface area (TPSA) is 90.5 Å². The second-order valence-electron chi connectivity index (χ2n) is 5.65. The summed E-state index contributed by atoms with van der Waals surface area (Å²) < 4.78 is 6.13. The third-order valence-electron chi connectivity index (χ3n) is 3.54. The van der Waals surface area contributed by atoms with Gasteiger partial charge in [-0.15, -0.1) is 6.58 Å². The molecule has 4 nitrogen and oxygen atoms in total. The maximum absolute atomic E-state index is 8.86. The summed E-state index contributed by atoms with van der Waals surface area (Å²) in [5.74, 6) is 0. The monoisotopic (exact) mass is 368 g/mol. The molecule has 0 aromatic heterocycles. The lowest BCUT2D eigenvalue weighted by molar-refractivity contribution is -0.0149. The molecule has 0 bridgehead atoms. The van der Waals surface area contributed by atoms with E-state index in [1.807, 2.05) is 27.7 Å². The van der Waals surface area contributed by atoms with Gasteiger partial charge in [0, 0.05) is 6.61 Å². The Kier molecular flexibility index (Phi) is 24.8.